The molecule has 0 saturated heterocycles. The standard InChI is InChI=1S/C23H20/c1-15-13-19(14-16(2)17(15)3)21-9-6-10-22-20-8-5-4-7-18(20)11-12-23(21)22/h4-14H,1-3H3. The van der Waals surface area contributed by atoms with Crippen LogP contribution < -0.4 is 0 Å². The molecule has 0 amide bonds. The van der Waals surface area contributed by atoms with Crippen LogP contribution in [0.5, 0.6) is 0 Å². The fourth-order valence-corrected chi connectivity index (χ4v) is 3.48. The van der Waals surface area contributed by atoms with Crippen molar-refractivity contribution in [2.75, 3.05) is 0 Å². The van der Waals surface area contributed by atoms with E-state index < -0.39 is 0 Å². The van der Waals surface area contributed by atoms with E-state index in [9.17, 15) is 0 Å². The molecule has 0 bridgehead atoms. The molecule has 0 saturated carbocycles. The Bertz CT molecular complexity index is 1020. The first-order chi connectivity index (χ1) is 11.1. The summed E-state index contributed by atoms with van der Waals surface area (Å²) >= 11 is 0. The number of rotatable bonds is 1. The molecule has 0 aromatic heterocycles. The molecule has 0 aliphatic heterocycles. The van der Waals surface area contributed by atoms with E-state index in [1.54, 1.807) is 0 Å². The normalized spacial score (nSPS) is 11.3. The number of fused-ring (bicyclic) bond motifs is 3. The Hall–Kier alpha value is -2.60. The molecular formula is C23H20. The second kappa shape index (κ2) is 5.24. The van der Waals surface area contributed by atoms with Crippen LogP contribution in [0, 0.1) is 20.8 Å². The molecule has 0 unspecified atom stereocenters. The summed E-state index contributed by atoms with van der Waals surface area (Å²) in [4.78, 5) is 0. The average molecular weight is 296 g/mol. The Kier molecular flexibility index (Phi) is 3.20. The molecule has 0 fully saturated rings. The fraction of sp³-hybridized carbons (Fsp3) is 0.130. The van der Waals surface area contributed by atoms with Crippen LogP contribution in [0.25, 0.3) is 32.7 Å². The van der Waals surface area contributed by atoms with Gasteiger partial charge in [-0.1, -0.05) is 66.7 Å². The minimum absolute atomic E-state index is 1.30. The van der Waals surface area contributed by atoms with Gasteiger partial charge in [0.05, 0.1) is 0 Å². The van der Waals surface area contributed by atoms with Gasteiger partial charge in [-0.15, -0.1) is 0 Å². The smallest absolute Gasteiger partial charge is 0.00990 e. The predicted octanol–water partition coefficient (Wildman–Crippen LogP) is 6.59. The second-order valence-corrected chi connectivity index (χ2v) is 6.42. The highest BCUT2D eigenvalue weighted by Gasteiger charge is 2.08. The van der Waals surface area contributed by atoms with Gasteiger partial charge in [-0.25, -0.2) is 0 Å². The van der Waals surface area contributed by atoms with Crippen LogP contribution in [0.15, 0.2) is 66.7 Å². The van der Waals surface area contributed by atoms with Crippen LogP contribution in [-0.4, -0.2) is 0 Å². The first-order valence-electron chi connectivity index (χ1n) is 8.14. The molecular weight excluding hydrogens is 276 g/mol. The van der Waals surface area contributed by atoms with E-state index in [0.29, 0.717) is 0 Å². The minimum atomic E-state index is 1.30. The first-order valence-corrected chi connectivity index (χ1v) is 8.14. The monoisotopic (exact) mass is 296 g/mol. The molecule has 0 heteroatoms. The third-order valence-electron chi connectivity index (χ3n) is 5.02. The molecule has 0 radical (unpaired) electrons. The van der Waals surface area contributed by atoms with Gasteiger partial charge in [-0.3, -0.25) is 0 Å². The van der Waals surface area contributed by atoms with Crippen molar-refractivity contribution in [1.82, 2.24) is 0 Å². The van der Waals surface area contributed by atoms with Gasteiger partial charge in [0.15, 0.2) is 0 Å². The molecule has 4 aromatic rings. The SMILES string of the molecule is Cc1cc(-c2cccc3c2ccc2ccccc23)cc(C)c1C. The summed E-state index contributed by atoms with van der Waals surface area (Å²) in [6.45, 7) is 6.60. The van der Waals surface area contributed by atoms with Crippen LogP contribution in [0.4, 0.5) is 0 Å². The van der Waals surface area contributed by atoms with Gasteiger partial charge in [0, 0.05) is 0 Å². The lowest BCUT2D eigenvalue weighted by atomic mass is 9.92. The summed E-state index contributed by atoms with van der Waals surface area (Å²) in [5.41, 5.74) is 6.74. The van der Waals surface area contributed by atoms with E-state index >= 15 is 0 Å². The summed E-state index contributed by atoms with van der Waals surface area (Å²) in [5, 5.41) is 5.28. The molecule has 0 spiro atoms. The Morgan fingerprint density at radius 2 is 1.26 bits per heavy atom. The number of hydrogen-bond acceptors (Lipinski definition) is 0. The largest absolute Gasteiger partial charge is 0.0616 e. The summed E-state index contributed by atoms with van der Waals surface area (Å²) < 4.78 is 0. The van der Waals surface area contributed by atoms with Crippen molar-refractivity contribution in [1.29, 1.82) is 0 Å². The van der Waals surface area contributed by atoms with Gasteiger partial charge in [0.2, 0.25) is 0 Å². The molecule has 0 heterocycles. The van der Waals surface area contributed by atoms with E-state index in [1.165, 1.54) is 49.4 Å². The van der Waals surface area contributed by atoms with Gasteiger partial charge in [-0.05, 0) is 70.1 Å². The average Bonchev–Trinajstić information content (AvgIpc) is 2.58. The molecule has 0 nitrogen and oxygen atoms in total. The Morgan fingerprint density at radius 3 is 2.04 bits per heavy atom. The minimum Gasteiger partial charge on any atom is -0.0616 e. The lowest BCUT2D eigenvalue weighted by molar-refractivity contribution is 1.27. The molecule has 4 rings (SSSR count). The Balaban J connectivity index is 2.07. The van der Waals surface area contributed by atoms with Crippen molar-refractivity contribution >= 4 is 21.5 Å². The van der Waals surface area contributed by atoms with E-state index in [-0.39, 0.29) is 0 Å². The van der Waals surface area contributed by atoms with E-state index in [1.807, 2.05) is 0 Å². The quantitative estimate of drug-likeness (QED) is 0.348. The fourth-order valence-electron chi connectivity index (χ4n) is 3.48. The van der Waals surface area contributed by atoms with Gasteiger partial charge >= 0.3 is 0 Å². The lowest BCUT2D eigenvalue weighted by Crippen LogP contribution is -1.90. The summed E-state index contributed by atoms with van der Waals surface area (Å²) in [5.74, 6) is 0. The van der Waals surface area contributed by atoms with Crippen molar-refractivity contribution in [3.63, 3.8) is 0 Å². The predicted molar refractivity (Wildman–Crippen MR) is 101 cm³/mol. The van der Waals surface area contributed by atoms with Crippen molar-refractivity contribution in [2.24, 2.45) is 0 Å². The second-order valence-electron chi connectivity index (χ2n) is 6.42. The number of hydrogen-bond donors (Lipinski definition) is 0. The number of aryl methyl sites for hydroxylation is 2. The Morgan fingerprint density at radius 1 is 0.565 bits per heavy atom. The zero-order valence-electron chi connectivity index (χ0n) is 13.9. The van der Waals surface area contributed by atoms with Gasteiger partial charge in [0.1, 0.15) is 0 Å². The van der Waals surface area contributed by atoms with Crippen LogP contribution in [0.2, 0.25) is 0 Å². The molecule has 0 N–H and O–H groups in total. The van der Waals surface area contributed by atoms with E-state index in [4.69, 9.17) is 0 Å². The van der Waals surface area contributed by atoms with Crippen LogP contribution >= 0.6 is 0 Å². The maximum atomic E-state index is 2.31. The molecule has 0 aliphatic carbocycles. The topological polar surface area (TPSA) is 0 Å². The van der Waals surface area contributed by atoms with Gasteiger partial charge in [-0.2, -0.15) is 0 Å². The van der Waals surface area contributed by atoms with Crippen LogP contribution in [-0.2, 0) is 0 Å². The number of benzene rings is 4. The summed E-state index contributed by atoms with van der Waals surface area (Å²) in [6.07, 6.45) is 0. The summed E-state index contributed by atoms with van der Waals surface area (Å²) in [7, 11) is 0. The Labute approximate surface area is 137 Å². The lowest BCUT2D eigenvalue weighted by Gasteiger charge is -2.13. The van der Waals surface area contributed by atoms with Crippen molar-refractivity contribution in [3.05, 3.63) is 83.4 Å². The molecule has 0 aliphatic rings. The maximum absolute atomic E-state index is 2.31. The van der Waals surface area contributed by atoms with Crippen molar-refractivity contribution in [2.45, 2.75) is 20.8 Å². The highest BCUT2D eigenvalue weighted by Crippen LogP contribution is 2.34. The summed E-state index contributed by atoms with van der Waals surface area (Å²) in [6, 6.07) is 24.4. The third kappa shape index (κ3) is 2.22. The van der Waals surface area contributed by atoms with Crippen LogP contribution in [0.3, 0.4) is 0 Å². The molecule has 23 heavy (non-hydrogen) atoms. The van der Waals surface area contributed by atoms with Gasteiger partial charge in [0.25, 0.3) is 0 Å². The van der Waals surface area contributed by atoms with Crippen molar-refractivity contribution < 1.29 is 0 Å². The zero-order valence-corrected chi connectivity index (χ0v) is 13.9. The highest BCUT2D eigenvalue weighted by molar-refractivity contribution is 6.12. The zero-order chi connectivity index (χ0) is 16.0. The van der Waals surface area contributed by atoms with E-state index in [2.05, 4.69) is 87.5 Å². The molecule has 0 atom stereocenters. The molecule has 4 aromatic carbocycles. The first kappa shape index (κ1) is 14.0. The third-order valence-corrected chi connectivity index (χ3v) is 5.02. The maximum Gasteiger partial charge on any atom is -0.00990 e. The molecule has 112 valence electrons. The highest BCUT2D eigenvalue weighted by atomic mass is 14.1. The van der Waals surface area contributed by atoms with E-state index in [0.717, 1.165) is 0 Å². The van der Waals surface area contributed by atoms with Gasteiger partial charge < -0.3 is 0 Å². The van der Waals surface area contributed by atoms with Crippen LogP contribution in [0.1, 0.15) is 16.7 Å². The van der Waals surface area contributed by atoms with Crippen molar-refractivity contribution in [3.8, 4) is 11.1 Å².